The van der Waals surface area contributed by atoms with Crippen LogP contribution >= 0.6 is 0 Å². The molecule has 16 heavy (non-hydrogen) atoms. The summed E-state index contributed by atoms with van der Waals surface area (Å²) in [7, 11) is 0. The number of hydrogen-bond acceptors (Lipinski definition) is 4. The topological polar surface area (TPSA) is 55.6 Å². The Morgan fingerprint density at radius 3 is 2.62 bits per heavy atom. The maximum absolute atomic E-state index is 11.3. The second kappa shape index (κ2) is 6.86. The first-order valence-electron chi connectivity index (χ1n) is 6.35. The standard InChI is InChI=1S/C12H24N2O2/c1-3-8-14(10-5-6-10)9-7-11(13)12(15)16-4-2/h10-11H,3-9,13H2,1-2H3. The van der Waals surface area contributed by atoms with Crippen LogP contribution < -0.4 is 5.73 Å². The van der Waals surface area contributed by atoms with Crippen LogP contribution in [-0.4, -0.2) is 42.6 Å². The second-order valence-corrected chi connectivity index (χ2v) is 4.41. The zero-order valence-electron chi connectivity index (χ0n) is 10.4. The van der Waals surface area contributed by atoms with Crippen molar-refractivity contribution in [3.8, 4) is 0 Å². The van der Waals surface area contributed by atoms with Gasteiger partial charge in [-0.05, 0) is 39.2 Å². The molecule has 2 N–H and O–H groups in total. The van der Waals surface area contributed by atoms with E-state index in [0.717, 1.165) is 25.6 Å². The van der Waals surface area contributed by atoms with Gasteiger partial charge in [-0.25, -0.2) is 0 Å². The molecule has 0 saturated heterocycles. The molecule has 1 rings (SSSR count). The predicted molar refractivity (Wildman–Crippen MR) is 64.1 cm³/mol. The number of nitrogens with two attached hydrogens (primary N) is 1. The number of nitrogens with zero attached hydrogens (tertiary/aromatic N) is 1. The fraction of sp³-hybridized carbons (Fsp3) is 0.917. The fourth-order valence-corrected chi connectivity index (χ4v) is 1.88. The van der Waals surface area contributed by atoms with E-state index in [2.05, 4.69) is 11.8 Å². The molecule has 1 atom stereocenters. The zero-order valence-corrected chi connectivity index (χ0v) is 10.4. The Hall–Kier alpha value is -0.610. The van der Waals surface area contributed by atoms with Crippen LogP contribution in [-0.2, 0) is 9.53 Å². The molecular weight excluding hydrogens is 204 g/mol. The van der Waals surface area contributed by atoms with Gasteiger partial charge in [-0.1, -0.05) is 6.92 Å². The first-order valence-corrected chi connectivity index (χ1v) is 6.35. The summed E-state index contributed by atoms with van der Waals surface area (Å²) >= 11 is 0. The van der Waals surface area contributed by atoms with Crippen molar-refractivity contribution in [2.75, 3.05) is 19.7 Å². The summed E-state index contributed by atoms with van der Waals surface area (Å²) in [5.74, 6) is -0.269. The van der Waals surface area contributed by atoms with Gasteiger partial charge in [0, 0.05) is 12.6 Å². The lowest BCUT2D eigenvalue weighted by atomic mass is 10.2. The highest BCUT2D eigenvalue weighted by atomic mass is 16.5. The van der Waals surface area contributed by atoms with Gasteiger partial charge < -0.3 is 15.4 Å². The van der Waals surface area contributed by atoms with Crippen LogP contribution in [0.2, 0.25) is 0 Å². The lowest BCUT2D eigenvalue weighted by Crippen LogP contribution is -2.37. The number of ether oxygens (including phenoxy) is 1. The van der Waals surface area contributed by atoms with Crippen molar-refractivity contribution in [3.05, 3.63) is 0 Å². The molecular formula is C12H24N2O2. The van der Waals surface area contributed by atoms with E-state index in [1.807, 2.05) is 0 Å². The molecule has 0 spiro atoms. The first kappa shape index (κ1) is 13.5. The number of carbonyl (C=O) groups excluding carboxylic acids is 1. The van der Waals surface area contributed by atoms with E-state index < -0.39 is 6.04 Å². The highest BCUT2D eigenvalue weighted by molar-refractivity contribution is 5.75. The van der Waals surface area contributed by atoms with Crippen LogP contribution in [0.15, 0.2) is 0 Å². The average Bonchev–Trinajstić information content (AvgIpc) is 3.07. The normalized spacial score (nSPS) is 17.5. The molecule has 94 valence electrons. The monoisotopic (exact) mass is 228 g/mol. The number of carbonyl (C=O) groups is 1. The molecule has 0 aliphatic heterocycles. The van der Waals surface area contributed by atoms with Gasteiger partial charge >= 0.3 is 5.97 Å². The lowest BCUT2D eigenvalue weighted by molar-refractivity contribution is -0.144. The highest BCUT2D eigenvalue weighted by Crippen LogP contribution is 2.27. The molecule has 4 nitrogen and oxygen atoms in total. The van der Waals surface area contributed by atoms with Crippen molar-refractivity contribution < 1.29 is 9.53 Å². The van der Waals surface area contributed by atoms with E-state index in [1.165, 1.54) is 12.8 Å². The summed E-state index contributed by atoms with van der Waals surface area (Å²) in [5.41, 5.74) is 5.77. The summed E-state index contributed by atoms with van der Waals surface area (Å²) in [5, 5.41) is 0. The van der Waals surface area contributed by atoms with Crippen molar-refractivity contribution in [2.24, 2.45) is 5.73 Å². The molecule has 0 heterocycles. The van der Waals surface area contributed by atoms with Gasteiger partial charge in [0.25, 0.3) is 0 Å². The lowest BCUT2D eigenvalue weighted by Gasteiger charge is -2.22. The van der Waals surface area contributed by atoms with Crippen LogP contribution in [0.5, 0.6) is 0 Å². The SMILES string of the molecule is CCCN(CCC(N)C(=O)OCC)C1CC1. The molecule has 1 aliphatic carbocycles. The number of hydrogen-bond donors (Lipinski definition) is 1. The molecule has 0 aromatic carbocycles. The summed E-state index contributed by atoms with van der Waals surface area (Å²) in [6.07, 6.45) is 4.46. The van der Waals surface area contributed by atoms with Gasteiger partial charge in [0.2, 0.25) is 0 Å². The quantitative estimate of drug-likeness (QED) is 0.633. The minimum absolute atomic E-state index is 0.269. The van der Waals surface area contributed by atoms with Crippen molar-refractivity contribution in [1.29, 1.82) is 0 Å². The Labute approximate surface area is 98.1 Å². The summed E-state index contributed by atoms with van der Waals surface area (Å²) < 4.78 is 4.89. The minimum Gasteiger partial charge on any atom is -0.465 e. The van der Waals surface area contributed by atoms with E-state index >= 15 is 0 Å². The van der Waals surface area contributed by atoms with E-state index in [-0.39, 0.29) is 5.97 Å². The van der Waals surface area contributed by atoms with Crippen LogP contribution in [0.4, 0.5) is 0 Å². The van der Waals surface area contributed by atoms with Gasteiger partial charge in [0.15, 0.2) is 0 Å². The molecule has 1 fully saturated rings. The Morgan fingerprint density at radius 1 is 1.44 bits per heavy atom. The minimum atomic E-state index is -0.460. The van der Waals surface area contributed by atoms with Crippen LogP contribution in [0.25, 0.3) is 0 Å². The molecule has 0 bridgehead atoms. The highest BCUT2D eigenvalue weighted by Gasteiger charge is 2.28. The molecule has 1 aliphatic rings. The molecule has 0 amide bonds. The van der Waals surface area contributed by atoms with Crippen LogP contribution in [0.3, 0.4) is 0 Å². The van der Waals surface area contributed by atoms with Gasteiger partial charge in [-0.3, -0.25) is 4.79 Å². The second-order valence-electron chi connectivity index (χ2n) is 4.41. The van der Waals surface area contributed by atoms with E-state index in [9.17, 15) is 4.79 Å². The fourth-order valence-electron chi connectivity index (χ4n) is 1.88. The summed E-state index contributed by atoms with van der Waals surface area (Å²) in [6, 6.07) is 0.285. The van der Waals surface area contributed by atoms with E-state index in [1.54, 1.807) is 6.92 Å². The molecule has 1 saturated carbocycles. The van der Waals surface area contributed by atoms with Gasteiger partial charge in [0.05, 0.1) is 6.61 Å². The maximum Gasteiger partial charge on any atom is 0.322 e. The molecule has 0 radical (unpaired) electrons. The smallest absolute Gasteiger partial charge is 0.322 e. The predicted octanol–water partition coefficient (Wildman–Crippen LogP) is 1.14. The molecule has 0 aromatic heterocycles. The van der Waals surface area contributed by atoms with Gasteiger partial charge in [-0.15, -0.1) is 0 Å². The van der Waals surface area contributed by atoms with Crippen molar-refractivity contribution >= 4 is 5.97 Å². The molecule has 4 heteroatoms. The van der Waals surface area contributed by atoms with Crippen LogP contribution in [0.1, 0.15) is 39.5 Å². The zero-order chi connectivity index (χ0) is 12.0. The Kier molecular flexibility index (Phi) is 5.77. The third-order valence-corrected chi connectivity index (χ3v) is 2.89. The Balaban J connectivity index is 2.22. The van der Waals surface area contributed by atoms with Gasteiger partial charge in [-0.2, -0.15) is 0 Å². The third kappa shape index (κ3) is 4.49. The van der Waals surface area contributed by atoms with Gasteiger partial charge in [0.1, 0.15) is 6.04 Å². The Morgan fingerprint density at radius 2 is 2.12 bits per heavy atom. The van der Waals surface area contributed by atoms with Crippen molar-refractivity contribution in [3.63, 3.8) is 0 Å². The van der Waals surface area contributed by atoms with Crippen molar-refractivity contribution in [1.82, 2.24) is 4.90 Å². The third-order valence-electron chi connectivity index (χ3n) is 2.89. The number of esters is 1. The van der Waals surface area contributed by atoms with E-state index in [0.29, 0.717) is 13.0 Å². The van der Waals surface area contributed by atoms with Crippen LogP contribution in [0, 0.1) is 0 Å². The molecule has 1 unspecified atom stereocenters. The number of rotatable bonds is 8. The average molecular weight is 228 g/mol. The maximum atomic E-state index is 11.3. The first-order chi connectivity index (χ1) is 7.69. The van der Waals surface area contributed by atoms with E-state index in [4.69, 9.17) is 10.5 Å². The Bertz CT molecular complexity index is 217. The van der Waals surface area contributed by atoms with Crippen molar-refractivity contribution in [2.45, 2.75) is 51.6 Å². The summed E-state index contributed by atoms with van der Waals surface area (Å²) in [6.45, 7) is 6.42. The largest absolute Gasteiger partial charge is 0.465 e. The molecule has 0 aromatic rings. The summed E-state index contributed by atoms with van der Waals surface area (Å²) in [4.78, 5) is 13.8.